The number of carbonyl (C=O) groups is 1. The van der Waals surface area contributed by atoms with Crippen molar-refractivity contribution in [1.29, 1.82) is 0 Å². The largest absolute Gasteiger partial charge is 0.492 e. The van der Waals surface area contributed by atoms with Gasteiger partial charge in [0.15, 0.2) is 0 Å². The van der Waals surface area contributed by atoms with Gasteiger partial charge in [-0.25, -0.2) is 0 Å². The number of halogens is 1. The van der Waals surface area contributed by atoms with Crippen LogP contribution in [0.3, 0.4) is 0 Å². The molecule has 1 saturated heterocycles. The molecule has 1 fully saturated rings. The summed E-state index contributed by atoms with van der Waals surface area (Å²) in [5.74, 6) is 0.701. The third-order valence-electron chi connectivity index (χ3n) is 4.45. The molecule has 0 atom stereocenters. The maximum atomic E-state index is 12.9. The van der Waals surface area contributed by atoms with Gasteiger partial charge in [0, 0.05) is 37.1 Å². The van der Waals surface area contributed by atoms with Gasteiger partial charge in [0.05, 0.1) is 12.2 Å². The van der Waals surface area contributed by atoms with Crippen LogP contribution in [0.1, 0.15) is 15.9 Å². The Hall–Kier alpha value is -1.85. The van der Waals surface area contributed by atoms with Gasteiger partial charge in [-0.05, 0) is 30.8 Å². The van der Waals surface area contributed by atoms with Crippen molar-refractivity contribution in [3.05, 3.63) is 64.1 Å². The Labute approximate surface area is 157 Å². The maximum absolute atomic E-state index is 12.9. The summed E-state index contributed by atoms with van der Waals surface area (Å²) in [5.41, 5.74) is 1.86. The van der Waals surface area contributed by atoms with E-state index < -0.39 is 0 Å². The average molecular weight is 403 g/mol. The molecular formula is C20H23BrN2O2. The van der Waals surface area contributed by atoms with Crippen molar-refractivity contribution in [1.82, 2.24) is 9.80 Å². The number of rotatable bonds is 5. The first-order valence-corrected chi connectivity index (χ1v) is 9.37. The summed E-state index contributed by atoms with van der Waals surface area (Å²) in [6.07, 6.45) is 0.818. The van der Waals surface area contributed by atoms with Gasteiger partial charge in [-0.1, -0.05) is 46.3 Å². The van der Waals surface area contributed by atoms with Crippen LogP contribution < -0.4 is 4.74 Å². The molecule has 0 aromatic heterocycles. The zero-order valence-electron chi connectivity index (χ0n) is 14.5. The van der Waals surface area contributed by atoms with E-state index in [1.807, 2.05) is 41.3 Å². The van der Waals surface area contributed by atoms with E-state index in [-0.39, 0.29) is 5.91 Å². The lowest BCUT2D eigenvalue weighted by Gasteiger charge is -2.32. The van der Waals surface area contributed by atoms with Crippen molar-refractivity contribution >= 4 is 21.8 Å². The minimum atomic E-state index is 0.0455. The molecule has 0 spiro atoms. The van der Waals surface area contributed by atoms with Gasteiger partial charge in [-0.15, -0.1) is 0 Å². The van der Waals surface area contributed by atoms with E-state index in [1.54, 1.807) is 0 Å². The summed E-state index contributed by atoms with van der Waals surface area (Å²) in [7, 11) is 2.08. The zero-order chi connectivity index (χ0) is 17.6. The fourth-order valence-corrected chi connectivity index (χ4v) is 3.26. The smallest absolute Gasteiger partial charge is 0.257 e. The Balaban J connectivity index is 1.68. The minimum Gasteiger partial charge on any atom is -0.492 e. The van der Waals surface area contributed by atoms with Crippen molar-refractivity contribution in [3.8, 4) is 5.75 Å². The van der Waals surface area contributed by atoms with Crippen LogP contribution in [0.2, 0.25) is 0 Å². The molecule has 4 nitrogen and oxygen atoms in total. The van der Waals surface area contributed by atoms with Gasteiger partial charge in [-0.3, -0.25) is 4.79 Å². The second-order valence-corrected chi connectivity index (χ2v) is 7.24. The quantitative estimate of drug-likeness (QED) is 0.767. The number of benzene rings is 2. The van der Waals surface area contributed by atoms with E-state index in [1.165, 1.54) is 5.56 Å². The van der Waals surface area contributed by atoms with Gasteiger partial charge in [0.2, 0.25) is 0 Å². The Bertz CT molecular complexity index is 713. The highest BCUT2D eigenvalue weighted by atomic mass is 79.9. The number of hydrogen-bond donors (Lipinski definition) is 0. The molecule has 0 aliphatic carbocycles. The van der Waals surface area contributed by atoms with Crippen LogP contribution in [-0.4, -0.2) is 55.5 Å². The van der Waals surface area contributed by atoms with Crippen molar-refractivity contribution in [2.45, 2.75) is 6.42 Å². The van der Waals surface area contributed by atoms with E-state index >= 15 is 0 Å². The lowest BCUT2D eigenvalue weighted by atomic mass is 10.1. The normalized spacial score (nSPS) is 15.2. The fraction of sp³-hybridized carbons (Fsp3) is 0.350. The number of carbonyl (C=O) groups excluding carboxylic acids is 1. The lowest BCUT2D eigenvalue weighted by Crippen LogP contribution is -2.47. The summed E-state index contributed by atoms with van der Waals surface area (Å²) < 4.78 is 6.84. The molecule has 5 heteroatoms. The second kappa shape index (κ2) is 8.50. The van der Waals surface area contributed by atoms with Crippen molar-refractivity contribution in [3.63, 3.8) is 0 Å². The molecule has 1 aliphatic rings. The first-order chi connectivity index (χ1) is 12.1. The zero-order valence-corrected chi connectivity index (χ0v) is 16.0. The highest BCUT2D eigenvalue weighted by Crippen LogP contribution is 2.25. The maximum Gasteiger partial charge on any atom is 0.257 e. The molecule has 0 unspecified atom stereocenters. The van der Waals surface area contributed by atoms with Crippen molar-refractivity contribution < 1.29 is 9.53 Å². The molecule has 1 aliphatic heterocycles. The van der Waals surface area contributed by atoms with E-state index in [4.69, 9.17) is 4.74 Å². The Kier molecular flexibility index (Phi) is 6.10. The van der Waals surface area contributed by atoms with Gasteiger partial charge in [0.25, 0.3) is 5.91 Å². The molecule has 0 N–H and O–H groups in total. The molecule has 1 amide bonds. The Morgan fingerprint density at radius 3 is 2.52 bits per heavy atom. The number of piperazine rings is 1. The van der Waals surface area contributed by atoms with Crippen LogP contribution in [0.5, 0.6) is 5.75 Å². The molecule has 1 heterocycles. The van der Waals surface area contributed by atoms with E-state index in [2.05, 4.69) is 40.0 Å². The predicted molar refractivity (Wildman–Crippen MR) is 103 cm³/mol. The lowest BCUT2D eigenvalue weighted by molar-refractivity contribution is 0.0660. The third-order valence-corrected chi connectivity index (χ3v) is 4.95. The van der Waals surface area contributed by atoms with Crippen LogP contribution in [0.25, 0.3) is 0 Å². The molecule has 2 aromatic carbocycles. The molecule has 132 valence electrons. The highest BCUT2D eigenvalue weighted by molar-refractivity contribution is 9.10. The SMILES string of the molecule is CN1CCN(C(=O)c2cc(Br)ccc2OCCc2ccccc2)CC1. The third kappa shape index (κ3) is 4.83. The number of likely N-dealkylation sites (N-methyl/N-ethyl adjacent to an activating group) is 1. The molecule has 0 saturated carbocycles. The predicted octanol–water partition coefficient (Wildman–Crippen LogP) is 3.46. The van der Waals surface area contributed by atoms with Crippen molar-refractivity contribution in [2.24, 2.45) is 0 Å². The number of hydrogen-bond acceptors (Lipinski definition) is 3. The number of nitrogens with zero attached hydrogens (tertiary/aromatic N) is 2. The van der Waals surface area contributed by atoms with Gasteiger partial charge in [-0.2, -0.15) is 0 Å². The van der Waals surface area contributed by atoms with Crippen LogP contribution >= 0.6 is 15.9 Å². The molecule has 0 bridgehead atoms. The summed E-state index contributed by atoms with van der Waals surface area (Å²) in [4.78, 5) is 17.1. The fourth-order valence-electron chi connectivity index (χ4n) is 2.90. The second-order valence-electron chi connectivity index (χ2n) is 6.32. The molecule has 3 rings (SSSR count). The van der Waals surface area contributed by atoms with Crippen LogP contribution in [-0.2, 0) is 6.42 Å². The Morgan fingerprint density at radius 1 is 1.08 bits per heavy atom. The van der Waals surface area contributed by atoms with Gasteiger partial charge >= 0.3 is 0 Å². The summed E-state index contributed by atoms with van der Waals surface area (Å²) >= 11 is 3.47. The standard InChI is InChI=1S/C20H23BrN2O2/c1-22-10-12-23(13-11-22)20(24)18-15-17(21)7-8-19(18)25-14-9-16-5-3-2-4-6-16/h2-8,15H,9-14H2,1H3. The van der Waals surface area contributed by atoms with E-state index in [0.717, 1.165) is 37.1 Å². The van der Waals surface area contributed by atoms with Crippen LogP contribution in [0.4, 0.5) is 0 Å². The molecule has 2 aromatic rings. The highest BCUT2D eigenvalue weighted by Gasteiger charge is 2.23. The van der Waals surface area contributed by atoms with Crippen LogP contribution in [0, 0.1) is 0 Å². The van der Waals surface area contributed by atoms with Gasteiger partial charge in [0.1, 0.15) is 5.75 Å². The monoisotopic (exact) mass is 402 g/mol. The average Bonchev–Trinajstić information content (AvgIpc) is 2.64. The Morgan fingerprint density at radius 2 is 1.80 bits per heavy atom. The van der Waals surface area contributed by atoms with E-state index in [9.17, 15) is 4.79 Å². The molecular weight excluding hydrogens is 380 g/mol. The van der Waals surface area contributed by atoms with E-state index in [0.29, 0.717) is 17.9 Å². The first kappa shape index (κ1) is 18.0. The summed E-state index contributed by atoms with van der Waals surface area (Å²) in [6, 6.07) is 15.9. The van der Waals surface area contributed by atoms with Crippen LogP contribution in [0.15, 0.2) is 53.0 Å². The number of ether oxygens (including phenoxy) is 1. The summed E-state index contributed by atoms with van der Waals surface area (Å²) in [5, 5.41) is 0. The topological polar surface area (TPSA) is 32.8 Å². The van der Waals surface area contributed by atoms with Crippen molar-refractivity contribution in [2.75, 3.05) is 39.8 Å². The molecule has 25 heavy (non-hydrogen) atoms. The minimum absolute atomic E-state index is 0.0455. The first-order valence-electron chi connectivity index (χ1n) is 8.57. The molecule has 0 radical (unpaired) electrons. The number of amides is 1. The summed E-state index contributed by atoms with van der Waals surface area (Å²) in [6.45, 7) is 3.87. The van der Waals surface area contributed by atoms with Gasteiger partial charge < -0.3 is 14.5 Å².